The van der Waals surface area contributed by atoms with E-state index >= 15 is 0 Å². The summed E-state index contributed by atoms with van der Waals surface area (Å²) in [6, 6.07) is 16.7. The molecule has 2 aromatic carbocycles. The van der Waals surface area contributed by atoms with Crippen molar-refractivity contribution < 1.29 is 13.2 Å². The van der Waals surface area contributed by atoms with Crippen LogP contribution in [0.1, 0.15) is 46.1 Å². The zero-order chi connectivity index (χ0) is 22.0. The smallest absolute Gasteiger partial charge is 0.270 e. The molecule has 0 saturated heterocycles. The van der Waals surface area contributed by atoms with Crippen molar-refractivity contribution in [3.05, 3.63) is 77.1 Å². The van der Waals surface area contributed by atoms with Gasteiger partial charge in [0.25, 0.3) is 5.91 Å². The van der Waals surface area contributed by atoms with E-state index in [4.69, 9.17) is 0 Å². The van der Waals surface area contributed by atoms with Crippen LogP contribution >= 0.6 is 0 Å². The Morgan fingerprint density at radius 3 is 2.52 bits per heavy atom. The van der Waals surface area contributed by atoms with Crippen LogP contribution in [0, 0.1) is 13.8 Å². The summed E-state index contributed by atoms with van der Waals surface area (Å²) in [6.07, 6.45) is 2.18. The van der Waals surface area contributed by atoms with Crippen molar-refractivity contribution in [2.75, 3.05) is 13.1 Å². The molecule has 3 aromatic rings. The number of nitrogens with zero attached hydrogens (tertiary/aromatic N) is 2. The summed E-state index contributed by atoms with van der Waals surface area (Å²) in [5.74, 6) is 0.134. The average molecular weight is 439 g/mol. The first-order chi connectivity index (χ1) is 14.8. The van der Waals surface area contributed by atoms with E-state index in [9.17, 15) is 13.2 Å². The Morgan fingerprint density at radius 1 is 1.06 bits per heavy atom. The van der Waals surface area contributed by atoms with Gasteiger partial charge < -0.3 is 5.32 Å². The Labute approximate surface area is 182 Å². The molecule has 1 aliphatic rings. The predicted octanol–water partition coefficient (Wildman–Crippen LogP) is 3.07. The fourth-order valence-electron chi connectivity index (χ4n) is 3.43. The van der Waals surface area contributed by atoms with Gasteiger partial charge in [-0.15, -0.1) is 0 Å². The van der Waals surface area contributed by atoms with Gasteiger partial charge in [0, 0.05) is 19.0 Å². The van der Waals surface area contributed by atoms with Gasteiger partial charge in [-0.3, -0.25) is 4.79 Å². The van der Waals surface area contributed by atoms with Crippen LogP contribution < -0.4 is 10.0 Å². The molecule has 1 heterocycles. The minimum absolute atomic E-state index is 0.0937. The summed E-state index contributed by atoms with van der Waals surface area (Å²) in [7, 11) is -3.64. The van der Waals surface area contributed by atoms with Gasteiger partial charge in [-0.1, -0.05) is 30.3 Å². The third kappa shape index (κ3) is 4.86. The number of carbonyl (C=O) groups is 1. The second kappa shape index (κ2) is 8.64. The van der Waals surface area contributed by atoms with Gasteiger partial charge in [-0.05, 0) is 62.1 Å². The molecule has 0 aliphatic heterocycles. The second-order valence-electron chi connectivity index (χ2n) is 7.90. The third-order valence-corrected chi connectivity index (χ3v) is 6.90. The minimum Gasteiger partial charge on any atom is -0.349 e. The highest BCUT2D eigenvalue weighted by atomic mass is 32.2. The first-order valence-corrected chi connectivity index (χ1v) is 11.8. The number of benzene rings is 2. The summed E-state index contributed by atoms with van der Waals surface area (Å²) in [4.78, 5) is 13.1. The van der Waals surface area contributed by atoms with E-state index in [0.29, 0.717) is 17.2 Å². The second-order valence-corrected chi connectivity index (χ2v) is 9.63. The van der Waals surface area contributed by atoms with Crippen molar-refractivity contribution in [3.8, 4) is 5.69 Å². The first kappa shape index (κ1) is 21.3. The van der Waals surface area contributed by atoms with Crippen LogP contribution in [0.25, 0.3) is 5.69 Å². The van der Waals surface area contributed by atoms with Gasteiger partial charge in [0.2, 0.25) is 10.0 Å². The first-order valence-electron chi connectivity index (χ1n) is 10.4. The zero-order valence-corrected chi connectivity index (χ0v) is 18.4. The quantitative estimate of drug-likeness (QED) is 0.529. The molecule has 1 amide bonds. The van der Waals surface area contributed by atoms with Crippen molar-refractivity contribution in [1.82, 2.24) is 19.8 Å². The van der Waals surface area contributed by atoms with Crippen LogP contribution in [0.5, 0.6) is 0 Å². The van der Waals surface area contributed by atoms with E-state index in [0.717, 1.165) is 29.8 Å². The van der Waals surface area contributed by atoms with Crippen molar-refractivity contribution >= 4 is 15.9 Å². The van der Waals surface area contributed by atoms with Gasteiger partial charge in [0.1, 0.15) is 5.69 Å². The van der Waals surface area contributed by atoms with E-state index in [-0.39, 0.29) is 23.9 Å². The Balaban J connectivity index is 1.42. The number of aryl methyl sites for hydroxylation is 2. The molecule has 0 unspecified atom stereocenters. The standard InChI is InChI=1S/C23H26N4O3S/c1-16-8-9-17(2)22(14-16)31(29,30)25-13-12-24-23(28)21-15-20(18-10-11-18)26-27(21)19-6-4-3-5-7-19/h3-9,14-15,18,25H,10-13H2,1-2H3,(H,24,28). The molecule has 1 aromatic heterocycles. The molecule has 0 spiro atoms. The summed E-state index contributed by atoms with van der Waals surface area (Å²) in [5, 5.41) is 7.44. The monoisotopic (exact) mass is 438 g/mol. The number of para-hydroxylation sites is 1. The fourth-order valence-corrected chi connectivity index (χ4v) is 4.79. The van der Waals surface area contributed by atoms with Crippen LogP contribution in [-0.4, -0.2) is 37.2 Å². The minimum atomic E-state index is -3.64. The third-order valence-electron chi connectivity index (χ3n) is 5.29. The number of hydrogen-bond donors (Lipinski definition) is 2. The van der Waals surface area contributed by atoms with Gasteiger partial charge in [-0.2, -0.15) is 5.10 Å². The van der Waals surface area contributed by atoms with Gasteiger partial charge in [-0.25, -0.2) is 17.8 Å². The largest absolute Gasteiger partial charge is 0.349 e. The van der Waals surface area contributed by atoms with E-state index in [1.807, 2.05) is 49.4 Å². The lowest BCUT2D eigenvalue weighted by Gasteiger charge is -2.11. The number of hydrogen-bond acceptors (Lipinski definition) is 4. The van der Waals surface area contributed by atoms with Crippen molar-refractivity contribution in [2.24, 2.45) is 0 Å². The SMILES string of the molecule is Cc1ccc(C)c(S(=O)(=O)NCCNC(=O)c2cc(C3CC3)nn2-c2ccccc2)c1. The number of sulfonamides is 1. The van der Waals surface area contributed by atoms with Crippen molar-refractivity contribution in [3.63, 3.8) is 0 Å². The molecule has 0 radical (unpaired) electrons. The lowest BCUT2D eigenvalue weighted by molar-refractivity contribution is 0.0946. The lowest BCUT2D eigenvalue weighted by Crippen LogP contribution is -2.35. The molecule has 8 heteroatoms. The summed E-state index contributed by atoms with van der Waals surface area (Å²) < 4.78 is 29.4. The van der Waals surface area contributed by atoms with E-state index in [1.54, 1.807) is 23.7 Å². The van der Waals surface area contributed by atoms with E-state index < -0.39 is 10.0 Å². The van der Waals surface area contributed by atoms with Gasteiger partial charge >= 0.3 is 0 Å². The molecular weight excluding hydrogens is 412 g/mol. The van der Waals surface area contributed by atoms with Crippen LogP contribution in [0.2, 0.25) is 0 Å². The number of rotatable bonds is 8. The highest BCUT2D eigenvalue weighted by Gasteiger charge is 2.29. The van der Waals surface area contributed by atoms with Crippen LogP contribution in [0.15, 0.2) is 59.5 Å². The molecule has 1 aliphatic carbocycles. The Hall–Kier alpha value is -2.97. The maximum Gasteiger partial charge on any atom is 0.270 e. The number of nitrogens with one attached hydrogen (secondary N) is 2. The topological polar surface area (TPSA) is 93.1 Å². The van der Waals surface area contributed by atoms with Crippen molar-refractivity contribution in [2.45, 2.75) is 37.5 Å². The number of carbonyl (C=O) groups excluding carboxylic acids is 1. The highest BCUT2D eigenvalue weighted by molar-refractivity contribution is 7.89. The molecule has 31 heavy (non-hydrogen) atoms. The van der Waals surface area contributed by atoms with E-state index in [2.05, 4.69) is 15.1 Å². The molecule has 162 valence electrons. The Kier molecular flexibility index (Phi) is 5.93. The van der Waals surface area contributed by atoms with Crippen LogP contribution in [-0.2, 0) is 10.0 Å². The normalized spacial score (nSPS) is 13.9. The molecule has 0 bridgehead atoms. The summed E-state index contributed by atoms with van der Waals surface area (Å²) in [6.45, 7) is 3.88. The number of amides is 1. The van der Waals surface area contributed by atoms with Crippen LogP contribution in [0.4, 0.5) is 0 Å². The molecule has 7 nitrogen and oxygen atoms in total. The molecule has 0 atom stereocenters. The molecule has 1 saturated carbocycles. The summed E-state index contributed by atoms with van der Waals surface area (Å²) >= 11 is 0. The average Bonchev–Trinajstić information content (AvgIpc) is 3.51. The predicted molar refractivity (Wildman–Crippen MR) is 119 cm³/mol. The van der Waals surface area contributed by atoms with Gasteiger partial charge in [0.05, 0.1) is 16.3 Å². The highest BCUT2D eigenvalue weighted by Crippen LogP contribution is 2.39. The molecular formula is C23H26N4O3S. The lowest BCUT2D eigenvalue weighted by atomic mass is 10.2. The Bertz CT molecular complexity index is 1200. The zero-order valence-electron chi connectivity index (χ0n) is 17.6. The maximum atomic E-state index is 12.8. The number of aromatic nitrogens is 2. The van der Waals surface area contributed by atoms with Crippen molar-refractivity contribution in [1.29, 1.82) is 0 Å². The fraction of sp³-hybridized carbons (Fsp3) is 0.304. The molecule has 1 fully saturated rings. The summed E-state index contributed by atoms with van der Waals surface area (Å²) in [5.41, 5.74) is 3.74. The molecule has 4 rings (SSSR count). The van der Waals surface area contributed by atoms with E-state index in [1.165, 1.54) is 0 Å². The Morgan fingerprint density at radius 2 is 1.81 bits per heavy atom. The molecule has 2 N–H and O–H groups in total. The van der Waals surface area contributed by atoms with Gasteiger partial charge in [0.15, 0.2) is 0 Å². The van der Waals surface area contributed by atoms with Crippen LogP contribution in [0.3, 0.4) is 0 Å². The maximum absolute atomic E-state index is 12.8.